The molecule has 0 amide bonds. The highest BCUT2D eigenvalue weighted by molar-refractivity contribution is 7.27. The van der Waals surface area contributed by atoms with Crippen molar-refractivity contribution in [2.24, 2.45) is 0 Å². The van der Waals surface area contributed by atoms with Crippen LogP contribution in [0, 0.1) is 0 Å². The maximum atomic E-state index is 4.51. The third kappa shape index (κ3) is 2.73. The average molecular weight is 516 g/mol. The van der Waals surface area contributed by atoms with Crippen molar-refractivity contribution in [2.75, 3.05) is 0 Å². The molecule has 0 aliphatic carbocycles. The summed E-state index contributed by atoms with van der Waals surface area (Å²) < 4.78 is 7.50. The smallest absolute Gasteiger partial charge is 0.0728 e. The lowest BCUT2D eigenvalue weighted by Crippen LogP contribution is -1.96. The van der Waals surface area contributed by atoms with E-state index in [1.54, 1.807) is 0 Å². The Bertz CT molecular complexity index is 2370. The number of nitrogens with zero attached hydrogens (tertiary/aromatic N) is 3. The number of thiophene rings is 1. The molecule has 0 aliphatic rings. The van der Waals surface area contributed by atoms with Gasteiger partial charge in [-0.25, -0.2) is 0 Å². The van der Waals surface area contributed by atoms with Gasteiger partial charge in [-0.15, -0.1) is 11.3 Å². The Morgan fingerprint density at radius 1 is 0.487 bits per heavy atom. The first-order chi connectivity index (χ1) is 19.4. The molecule has 0 fully saturated rings. The van der Waals surface area contributed by atoms with Crippen LogP contribution < -0.4 is 0 Å². The van der Waals surface area contributed by atoms with Crippen LogP contribution in [0.25, 0.3) is 75.2 Å². The van der Waals surface area contributed by atoms with Crippen molar-refractivity contribution in [2.45, 2.75) is 0 Å². The van der Waals surface area contributed by atoms with Gasteiger partial charge in [-0.2, -0.15) is 0 Å². The predicted molar refractivity (Wildman–Crippen MR) is 166 cm³/mol. The Labute approximate surface area is 227 Å². The number of fused-ring (bicyclic) bond motifs is 12. The molecule has 4 aromatic heterocycles. The zero-order valence-electron chi connectivity index (χ0n) is 20.9. The minimum Gasteiger partial charge on any atom is -0.309 e. The standard InChI is InChI=1S/C35H21N3S/c1-2-11-22(12-3-1)37-27-17-7-4-14-24(27)30-31-25-15-5-8-18-28(25)38(23-13-10-20-36-21-23)34(31)35-32(33(30)37)26-16-6-9-19-29(26)39-35/h1-21H. The van der Waals surface area contributed by atoms with Crippen molar-refractivity contribution >= 4 is 75.1 Å². The summed E-state index contributed by atoms with van der Waals surface area (Å²) in [5, 5.41) is 7.75. The summed E-state index contributed by atoms with van der Waals surface area (Å²) in [7, 11) is 0. The third-order valence-corrected chi connectivity index (χ3v) is 9.14. The van der Waals surface area contributed by atoms with E-state index in [0.717, 1.165) is 5.69 Å². The van der Waals surface area contributed by atoms with E-state index < -0.39 is 0 Å². The SMILES string of the molecule is c1ccc(-n2c3ccccc3c3c4c5ccccc5n(-c5cccnc5)c4c4sc5ccccc5c4c32)cc1. The summed E-state index contributed by atoms with van der Waals surface area (Å²) in [6, 6.07) is 41.5. The highest BCUT2D eigenvalue weighted by Crippen LogP contribution is 2.50. The zero-order valence-corrected chi connectivity index (χ0v) is 21.7. The Balaban J connectivity index is 1.69. The molecule has 9 rings (SSSR count). The van der Waals surface area contributed by atoms with E-state index in [1.165, 1.54) is 69.5 Å². The fourth-order valence-electron chi connectivity index (χ4n) is 6.48. The fourth-order valence-corrected chi connectivity index (χ4v) is 7.73. The lowest BCUT2D eigenvalue weighted by molar-refractivity contribution is 1.15. The van der Waals surface area contributed by atoms with Crippen LogP contribution in [-0.4, -0.2) is 14.1 Å². The van der Waals surface area contributed by atoms with Gasteiger partial charge in [0.1, 0.15) is 0 Å². The highest BCUT2D eigenvalue weighted by Gasteiger charge is 2.26. The lowest BCUT2D eigenvalue weighted by atomic mass is 10.0. The van der Waals surface area contributed by atoms with Gasteiger partial charge in [-0.3, -0.25) is 4.98 Å². The summed E-state index contributed by atoms with van der Waals surface area (Å²) in [5.74, 6) is 0. The number of rotatable bonds is 2. The van der Waals surface area contributed by atoms with E-state index >= 15 is 0 Å². The molecule has 9 aromatic rings. The van der Waals surface area contributed by atoms with Crippen LogP contribution in [0.2, 0.25) is 0 Å². The normalized spacial score (nSPS) is 12.1. The van der Waals surface area contributed by atoms with E-state index in [2.05, 4.69) is 123 Å². The van der Waals surface area contributed by atoms with Crippen molar-refractivity contribution in [3.05, 3.63) is 128 Å². The number of pyridine rings is 1. The first-order valence-corrected chi connectivity index (χ1v) is 14.0. The van der Waals surface area contributed by atoms with Gasteiger partial charge in [0.2, 0.25) is 0 Å². The molecule has 0 atom stereocenters. The second kappa shape index (κ2) is 7.79. The number of hydrogen-bond donors (Lipinski definition) is 0. The van der Waals surface area contributed by atoms with Crippen molar-refractivity contribution in [1.29, 1.82) is 0 Å². The van der Waals surface area contributed by atoms with Crippen LogP contribution in [0.1, 0.15) is 0 Å². The van der Waals surface area contributed by atoms with Gasteiger partial charge < -0.3 is 9.13 Å². The van der Waals surface area contributed by atoms with E-state index in [-0.39, 0.29) is 0 Å². The van der Waals surface area contributed by atoms with Crippen LogP contribution in [0.15, 0.2) is 128 Å². The summed E-state index contributed by atoms with van der Waals surface area (Å²) in [4.78, 5) is 4.51. The molecule has 0 saturated heterocycles. The molecular weight excluding hydrogens is 494 g/mol. The molecule has 4 heteroatoms. The van der Waals surface area contributed by atoms with E-state index in [9.17, 15) is 0 Å². The molecule has 0 spiro atoms. The molecule has 39 heavy (non-hydrogen) atoms. The average Bonchev–Trinajstić information content (AvgIpc) is 3.66. The van der Waals surface area contributed by atoms with Gasteiger partial charge in [0.15, 0.2) is 0 Å². The number of aromatic nitrogens is 3. The monoisotopic (exact) mass is 515 g/mol. The molecule has 4 heterocycles. The quantitative estimate of drug-likeness (QED) is 0.225. The molecule has 0 radical (unpaired) electrons. The Hall–Kier alpha value is -4.93. The van der Waals surface area contributed by atoms with Crippen molar-refractivity contribution < 1.29 is 0 Å². The zero-order chi connectivity index (χ0) is 25.5. The van der Waals surface area contributed by atoms with Gasteiger partial charge in [0.25, 0.3) is 0 Å². The maximum absolute atomic E-state index is 4.51. The Morgan fingerprint density at radius 2 is 1.08 bits per heavy atom. The van der Waals surface area contributed by atoms with Crippen LogP contribution in [0.5, 0.6) is 0 Å². The highest BCUT2D eigenvalue weighted by atomic mass is 32.1. The molecule has 0 saturated carbocycles. The summed E-state index contributed by atoms with van der Waals surface area (Å²) >= 11 is 1.89. The van der Waals surface area contributed by atoms with Gasteiger partial charge in [-0.1, -0.05) is 72.8 Å². The molecule has 0 bridgehead atoms. The van der Waals surface area contributed by atoms with Crippen LogP contribution in [0.3, 0.4) is 0 Å². The second-order valence-corrected chi connectivity index (χ2v) is 11.1. The summed E-state index contributed by atoms with van der Waals surface area (Å²) in [6.45, 7) is 0. The van der Waals surface area contributed by atoms with E-state index in [1.807, 2.05) is 29.8 Å². The minimum absolute atomic E-state index is 1.08. The predicted octanol–water partition coefficient (Wildman–Crippen LogP) is 9.64. The molecular formula is C35H21N3S. The Kier molecular flexibility index (Phi) is 4.21. The van der Waals surface area contributed by atoms with Gasteiger partial charge in [-0.05, 0) is 42.5 Å². The molecule has 0 aliphatic heterocycles. The molecule has 5 aromatic carbocycles. The molecule has 3 nitrogen and oxygen atoms in total. The van der Waals surface area contributed by atoms with Gasteiger partial charge >= 0.3 is 0 Å². The maximum Gasteiger partial charge on any atom is 0.0728 e. The topological polar surface area (TPSA) is 22.8 Å². The third-order valence-electron chi connectivity index (χ3n) is 7.97. The van der Waals surface area contributed by atoms with Gasteiger partial charge in [0, 0.05) is 48.9 Å². The number of hydrogen-bond acceptors (Lipinski definition) is 2. The first kappa shape index (κ1) is 21.1. The Morgan fingerprint density at radius 3 is 1.79 bits per heavy atom. The largest absolute Gasteiger partial charge is 0.309 e. The number of para-hydroxylation sites is 3. The van der Waals surface area contributed by atoms with Crippen molar-refractivity contribution in [1.82, 2.24) is 14.1 Å². The van der Waals surface area contributed by atoms with Gasteiger partial charge in [0.05, 0.1) is 38.7 Å². The summed E-state index contributed by atoms with van der Waals surface area (Å²) in [5.41, 5.74) is 7.20. The first-order valence-electron chi connectivity index (χ1n) is 13.2. The fraction of sp³-hybridized carbons (Fsp3) is 0. The molecule has 0 N–H and O–H groups in total. The van der Waals surface area contributed by atoms with E-state index in [0.29, 0.717) is 0 Å². The summed E-state index contributed by atoms with van der Waals surface area (Å²) in [6.07, 6.45) is 3.82. The minimum atomic E-state index is 1.08. The van der Waals surface area contributed by atoms with Crippen molar-refractivity contribution in [3.8, 4) is 11.4 Å². The number of benzene rings is 5. The lowest BCUT2D eigenvalue weighted by Gasteiger charge is -2.11. The van der Waals surface area contributed by atoms with Crippen LogP contribution in [-0.2, 0) is 0 Å². The molecule has 0 unspecified atom stereocenters. The van der Waals surface area contributed by atoms with Crippen LogP contribution >= 0.6 is 11.3 Å². The molecule has 182 valence electrons. The van der Waals surface area contributed by atoms with Crippen LogP contribution in [0.4, 0.5) is 0 Å². The second-order valence-electron chi connectivity index (χ2n) is 10.0. The van der Waals surface area contributed by atoms with Crippen molar-refractivity contribution in [3.63, 3.8) is 0 Å². The van der Waals surface area contributed by atoms with E-state index in [4.69, 9.17) is 0 Å².